The number of hydrogen-bond acceptors (Lipinski definition) is 2. The Morgan fingerprint density at radius 1 is 1.47 bits per heavy atom. The number of aryl methyl sites for hydroxylation is 1. The molecule has 0 aliphatic carbocycles. The molecule has 4 heteroatoms. The van der Waals surface area contributed by atoms with Crippen LogP contribution in [-0.2, 0) is 4.79 Å². The van der Waals surface area contributed by atoms with Gasteiger partial charge in [0, 0.05) is 6.54 Å². The van der Waals surface area contributed by atoms with Gasteiger partial charge in [-0.05, 0) is 30.5 Å². The highest BCUT2D eigenvalue weighted by molar-refractivity contribution is 6.33. The molecule has 0 spiro atoms. The maximum absolute atomic E-state index is 12.0. The summed E-state index contributed by atoms with van der Waals surface area (Å²) < 4.78 is 0. The van der Waals surface area contributed by atoms with Crippen molar-refractivity contribution in [1.29, 1.82) is 0 Å². The molecule has 0 radical (unpaired) electrons. The van der Waals surface area contributed by atoms with Crippen molar-refractivity contribution in [3.8, 4) is 0 Å². The number of carbonyl (C=O) groups is 1. The zero-order valence-corrected chi connectivity index (χ0v) is 11.2. The lowest BCUT2D eigenvalue weighted by Crippen LogP contribution is -2.33. The fraction of sp³-hybridized carbons (Fsp3) is 0.462. The van der Waals surface area contributed by atoms with Crippen molar-refractivity contribution in [3.05, 3.63) is 28.8 Å². The third-order valence-corrected chi connectivity index (χ3v) is 3.09. The summed E-state index contributed by atoms with van der Waals surface area (Å²) in [6.45, 7) is 6.25. The third kappa shape index (κ3) is 3.72. The van der Waals surface area contributed by atoms with E-state index in [1.54, 1.807) is 0 Å². The van der Waals surface area contributed by atoms with Crippen LogP contribution in [-0.4, -0.2) is 12.5 Å². The van der Waals surface area contributed by atoms with Crippen molar-refractivity contribution in [2.45, 2.75) is 20.8 Å². The van der Waals surface area contributed by atoms with E-state index in [9.17, 15) is 4.79 Å². The summed E-state index contributed by atoms with van der Waals surface area (Å²) in [5, 5.41) is 3.37. The molecule has 1 atom stereocenters. The van der Waals surface area contributed by atoms with Crippen LogP contribution in [0.1, 0.15) is 19.4 Å². The minimum atomic E-state index is -0.188. The lowest BCUT2D eigenvalue weighted by atomic mass is 9.95. The Hall–Kier alpha value is -1.06. The SMILES string of the molecule is Cc1ccc(NC(=O)C(CN)C(C)C)c(Cl)c1. The van der Waals surface area contributed by atoms with E-state index in [0.29, 0.717) is 17.3 Å². The standard InChI is InChI=1S/C13H19ClN2O/c1-8(2)10(7-15)13(17)16-12-5-4-9(3)6-11(12)14/h4-6,8,10H,7,15H2,1-3H3,(H,16,17). The van der Waals surface area contributed by atoms with Crippen molar-refractivity contribution in [2.24, 2.45) is 17.6 Å². The summed E-state index contributed by atoms with van der Waals surface area (Å²) in [5.74, 6) is -0.0511. The van der Waals surface area contributed by atoms with Crippen molar-refractivity contribution in [1.82, 2.24) is 0 Å². The maximum Gasteiger partial charge on any atom is 0.229 e. The minimum absolute atomic E-state index is 0.0757. The Kier molecular flexibility index (Phi) is 4.97. The highest BCUT2D eigenvalue weighted by Gasteiger charge is 2.21. The third-order valence-electron chi connectivity index (χ3n) is 2.78. The molecule has 17 heavy (non-hydrogen) atoms. The molecular weight excluding hydrogens is 236 g/mol. The van der Waals surface area contributed by atoms with Crippen LogP contribution in [0.15, 0.2) is 18.2 Å². The molecule has 1 aromatic rings. The molecule has 3 N–H and O–H groups in total. The summed E-state index contributed by atoms with van der Waals surface area (Å²) in [5.41, 5.74) is 7.30. The molecule has 0 saturated heterocycles. The van der Waals surface area contributed by atoms with Crippen LogP contribution in [0.5, 0.6) is 0 Å². The second-order valence-electron chi connectivity index (χ2n) is 4.56. The normalized spacial score (nSPS) is 12.6. The van der Waals surface area contributed by atoms with Crippen LogP contribution in [0.2, 0.25) is 5.02 Å². The molecule has 0 saturated carbocycles. The number of carbonyl (C=O) groups excluding carboxylic acids is 1. The summed E-state index contributed by atoms with van der Waals surface area (Å²) in [6.07, 6.45) is 0. The van der Waals surface area contributed by atoms with Gasteiger partial charge < -0.3 is 11.1 Å². The van der Waals surface area contributed by atoms with Crippen molar-refractivity contribution < 1.29 is 4.79 Å². The highest BCUT2D eigenvalue weighted by atomic mass is 35.5. The lowest BCUT2D eigenvalue weighted by molar-refractivity contribution is -0.120. The molecule has 0 fully saturated rings. The second kappa shape index (κ2) is 6.03. The predicted molar refractivity (Wildman–Crippen MR) is 72.2 cm³/mol. The van der Waals surface area contributed by atoms with Gasteiger partial charge in [0.25, 0.3) is 0 Å². The summed E-state index contributed by atoms with van der Waals surface area (Å²) in [7, 11) is 0. The largest absolute Gasteiger partial charge is 0.330 e. The van der Waals surface area contributed by atoms with E-state index in [4.69, 9.17) is 17.3 Å². The fourth-order valence-corrected chi connectivity index (χ4v) is 1.91. The number of halogens is 1. The number of nitrogens with two attached hydrogens (primary N) is 1. The first kappa shape index (κ1) is 14.0. The van der Waals surface area contributed by atoms with Gasteiger partial charge in [0.2, 0.25) is 5.91 Å². The molecule has 1 rings (SSSR count). The molecule has 1 unspecified atom stereocenters. The Morgan fingerprint density at radius 3 is 2.59 bits per heavy atom. The molecular formula is C13H19ClN2O. The van der Waals surface area contributed by atoms with E-state index in [0.717, 1.165) is 5.56 Å². The van der Waals surface area contributed by atoms with Crippen LogP contribution in [0.25, 0.3) is 0 Å². The first-order valence-electron chi connectivity index (χ1n) is 5.72. The van der Waals surface area contributed by atoms with E-state index in [-0.39, 0.29) is 17.7 Å². The van der Waals surface area contributed by atoms with Gasteiger partial charge in [-0.25, -0.2) is 0 Å². The zero-order chi connectivity index (χ0) is 13.0. The summed E-state index contributed by atoms with van der Waals surface area (Å²) in [4.78, 5) is 12.0. The zero-order valence-electron chi connectivity index (χ0n) is 10.5. The Bertz CT molecular complexity index is 404. The monoisotopic (exact) mass is 254 g/mol. The van der Waals surface area contributed by atoms with E-state index in [2.05, 4.69) is 5.32 Å². The number of anilines is 1. The van der Waals surface area contributed by atoms with Gasteiger partial charge >= 0.3 is 0 Å². The van der Waals surface area contributed by atoms with E-state index in [1.165, 1.54) is 0 Å². The molecule has 3 nitrogen and oxygen atoms in total. The second-order valence-corrected chi connectivity index (χ2v) is 4.97. The lowest BCUT2D eigenvalue weighted by Gasteiger charge is -2.18. The molecule has 1 aromatic carbocycles. The average molecular weight is 255 g/mol. The van der Waals surface area contributed by atoms with Crippen molar-refractivity contribution >= 4 is 23.2 Å². The van der Waals surface area contributed by atoms with E-state index < -0.39 is 0 Å². The van der Waals surface area contributed by atoms with Gasteiger partial charge in [-0.15, -0.1) is 0 Å². The minimum Gasteiger partial charge on any atom is -0.330 e. The number of benzene rings is 1. The summed E-state index contributed by atoms with van der Waals surface area (Å²) >= 11 is 6.06. The molecule has 0 heterocycles. The summed E-state index contributed by atoms with van der Waals surface area (Å²) in [6, 6.07) is 5.54. The fourth-order valence-electron chi connectivity index (χ4n) is 1.63. The van der Waals surface area contributed by atoms with Gasteiger partial charge in [-0.3, -0.25) is 4.79 Å². The van der Waals surface area contributed by atoms with Gasteiger partial charge in [0.15, 0.2) is 0 Å². The van der Waals surface area contributed by atoms with Gasteiger partial charge in [0.1, 0.15) is 0 Å². The number of amides is 1. The van der Waals surface area contributed by atoms with Gasteiger partial charge in [-0.2, -0.15) is 0 Å². The van der Waals surface area contributed by atoms with Crippen LogP contribution < -0.4 is 11.1 Å². The number of hydrogen-bond donors (Lipinski definition) is 2. The van der Waals surface area contributed by atoms with Crippen LogP contribution in [0, 0.1) is 18.8 Å². The molecule has 0 aromatic heterocycles. The average Bonchev–Trinajstić information content (AvgIpc) is 2.22. The van der Waals surface area contributed by atoms with Crippen LogP contribution in [0.3, 0.4) is 0 Å². The molecule has 0 bridgehead atoms. The number of nitrogens with one attached hydrogen (secondary N) is 1. The molecule has 1 amide bonds. The maximum atomic E-state index is 12.0. The van der Waals surface area contributed by atoms with Crippen molar-refractivity contribution in [3.63, 3.8) is 0 Å². The smallest absolute Gasteiger partial charge is 0.229 e. The Balaban J connectivity index is 2.80. The predicted octanol–water partition coefficient (Wildman–Crippen LogP) is 2.82. The van der Waals surface area contributed by atoms with Gasteiger partial charge in [0.05, 0.1) is 16.6 Å². The van der Waals surface area contributed by atoms with E-state index in [1.807, 2.05) is 39.0 Å². The number of rotatable bonds is 4. The van der Waals surface area contributed by atoms with E-state index >= 15 is 0 Å². The molecule has 94 valence electrons. The highest BCUT2D eigenvalue weighted by Crippen LogP contribution is 2.24. The van der Waals surface area contributed by atoms with Gasteiger partial charge in [-0.1, -0.05) is 31.5 Å². The van der Waals surface area contributed by atoms with Crippen LogP contribution >= 0.6 is 11.6 Å². The molecule has 0 aliphatic heterocycles. The topological polar surface area (TPSA) is 55.1 Å². The first-order chi connectivity index (χ1) is 7.95. The van der Waals surface area contributed by atoms with Crippen LogP contribution in [0.4, 0.5) is 5.69 Å². The van der Waals surface area contributed by atoms with Crippen molar-refractivity contribution in [2.75, 3.05) is 11.9 Å². The first-order valence-corrected chi connectivity index (χ1v) is 6.10. The quantitative estimate of drug-likeness (QED) is 0.868. The molecule has 0 aliphatic rings. The Morgan fingerprint density at radius 2 is 2.12 bits per heavy atom. The Labute approximate surface area is 107 Å².